The molecule has 0 amide bonds. The fraction of sp³-hybridized carbons (Fsp3) is 0.625. The number of nitrogens with zero attached hydrogens (tertiary/aromatic N) is 1. The van der Waals surface area contributed by atoms with Crippen LogP contribution in [0.1, 0.15) is 39.7 Å². The van der Waals surface area contributed by atoms with Gasteiger partial charge in [-0.15, -0.1) is 0 Å². The highest BCUT2D eigenvalue weighted by molar-refractivity contribution is 5.20. The summed E-state index contributed by atoms with van der Waals surface area (Å²) < 4.78 is 26.6. The van der Waals surface area contributed by atoms with Crippen molar-refractivity contribution in [3.63, 3.8) is 0 Å². The van der Waals surface area contributed by atoms with Crippen molar-refractivity contribution in [2.45, 2.75) is 52.2 Å². The SMILES string of the molecule is CCN(CC)C(C)(CC)C(O)Cc1ccc(F)cc1F. The molecule has 2 nitrogen and oxygen atoms in total. The number of hydrogen-bond donors (Lipinski definition) is 1. The maximum absolute atomic E-state index is 13.7. The van der Waals surface area contributed by atoms with Crippen molar-refractivity contribution >= 4 is 0 Å². The molecule has 1 aromatic carbocycles. The predicted octanol–water partition coefficient (Wildman–Crippen LogP) is 3.38. The smallest absolute Gasteiger partial charge is 0.129 e. The second-order valence-corrected chi connectivity index (χ2v) is 5.34. The summed E-state index contributed by atoms with van der Waals surface area (Å²) in [4.78, 5) is 2.18. The number of rotatable bonds is 7. The topological polar surface area (TPSA) is 23.5 Å². The van der Waals surface area contributed by atoms with Crippen molar-refractivity contribution in [2.75, 3.05) is 13.1 Å². The molecule has 4 heteroatoms. The molecule has 0 heterocycles. The Morgan fingerprint density at radius 3 is 2.25 bits per heavy atom. The second-order valence-electron chi connectivity index (χ2n) is 5.34. The van der Waals surface area contributed by atoms with E-state index in [0.717, 1.165) is 25.6 Å². The monoisotopic (exact) mass is 285 g/mol. The minimum absolute atomic E-state index is 0.187. The van der Waals surface area contributed by atoms with Gasteiger partial charge < -0.3 is 5.11 Å². The van der Waals surface area contributed by atoms with Crippen molar-refractivity contribution in [1.82, 2.24) is 4.90 Å². The van der Waals surface area contributed by atoms with Crippen LogP contribution >= 0.6 is 0 Å². The van der Waals surface area contributed by atoms with Crippen LogP contribution in [0.3, 0.4) is 0 Å². The zero-order chi connectivity index (χ0) is 15.3. The fourth-order valence-electron chi connectivity index (χ4n) is 2.73. The summed E-state index contributed by atoms with van der Waals surface area (Å²) in [5.41, 5.74) is -0.0598. The lowest BCUT2D eigenvalue weighted by Crippen LogP contribution is -2.55. The second kappa shape index (κ2) is 7.14. The Morgan fingerprint density at radius 2 is 1.80 bits per heavy atom. The third kappa shape index (κ3) is 3.55. The summed E-state index contributed by atoms with van der Waals surface area (Å²) in [5, 5.41) is 10.5. The van der Waals surface area contributed by atoms with Crippen LogP contribution in [0, 0.1) is 11.6 Å². The molecule has 0 radical (unpaired) electrons. The lowest BCUT2D eigenvalue weighted by molar-refractivity contribution is -0.0194. The molecule has 0 fully saturated rings. The van der Waals surface area contributed by atoms with E-state index in [4.69, 9.17) is 0 Å². The van der Waals surface area contributed by atoms with E-state index in [2.05, 4.69) is 4.90 Å². The fourth-order valence-corrected chi connectivity index (χ4v) is 2.73. The molecule has 0 saturated carbocycles. The lowest BCUT2D eigenvalue weighted by atomic mass is 9.85. The van der Waals surface area contributed by atoms with Gasteiger partial charge in [0.25, 0.3) is 0 Å². The highest BCUT2D eigenvalue weighted by atomic mass is 19.1. The lowest BCUT2D eigenvalue weighted by Gasteiger charge is -2.43. The van der Waals surface area contributed by atoms with E-state index in [0.29, 0.717) is 5.56 Å². The number of aliphatic hydroxyl groups is 1. The maximum atomic E-state index is 13.7. The average molecular weight is 285 g/mol. The third-order valence-electron chi connectivity index (χ3n) is 4.35. The van der Waals surface area contributed by atoms with Gasteiger partial charge in [0.15, 0.2) is 0 Å². The van der Waals surface area contributed by atoms with E-state index in [1.54, 1.807) is 0 Å². The Labute approximate surface area is 120 Å². The Morgan fingerprint density at radius 1 is 1.20 bits per heavy atom. The highest BCUT2D eigenvalue weighted by Crippen LogP contribution is 2.26. The van der Waals surface area contributed by atoms with Gasteiger partial charge in [0.05, 0.1) is 6.10 Å². The number of likely N-dealkylation sites (N-methyl/N-ethyl adjacent to an activating group) is 1. The summed E-state index contributed by atoms with van der Waals surface area (Å²) >= 11 is 0. The van der Waals surface area contributed by atoms with Crippen LogP contribution in [0.2, 0.25) is 0 Å². The molecule has 0 spiro atoms. The van der Waals surface area contributed by atoms with Crippen molar-refractivity contribution in [1.29, 1.82) is 0 Å². The van der Waals surface area contributed by atoms with Crippen molar-refractivity contribution in [3.8, 4) is 0 Å². The molecule has 2 unspecified atom stereocenters. The molecule has 0 aromatic heterocycles. The minimum atomic E-state index is -0.702. The summed E-state index contributed by atoms with van der Waals surface area (Å²) in [7, 11) is 0. The number of hydrogen-bond acceptors (Lipinski definition) is 2. The Bertz CT molecular complexity index is 434. The first-order chi connectivity index (χ1) is 9.38. The van der Waals surface area contributed by atoms with Gasteiger partial charge in [0, 0.05) is 18.0 Å². The normalized spacial score (nSPS) is 16.2. The van der Waals surface area contributed by atoms with E-state index in [-0.39, 0.29) is 6.42 Å². The molecule has 2 atom stereocenters. The van der Waals surface area contributed by atoms with Crippen LogP contribution in [0.5, 0.6) is 0 Å². The van der Waals surface area contributed by atoms with Gasteiger partial charge in [-0.25, -0.2) is 8.78 Å². The molecule has 1 aromatic rings. The van der Waals surface area contributed by atoms with Crippen LogP contribution in [0.15, 0.2) is 18.2 Å². The first-order valence-electron chi connectivity index (χ1n) is 7.26. The van der Waals surface area contributed by atoms with Crippen LogP contribution < -0.4 is 0 Å². The molecule has 20 heavy (non-hydrogen) atoms. The van der Waals surface area contributed by atoms with E-state index < -0.39 is 23.3 Å². The summed E-state index contributed by atoms with van der Waals surface area (Å²) in [5.74, 6) is -1.19. The number of benzene rings is 1. The van der Waals surface area contributed by atoms with Gasteiger partial charge in [0.2, 0.25) is 0 Å². The number of halogens is 2. The van der Waals surface area contributed by atoms with Gasteiger partial charge in [0.1, 0.15) is 11.6 Å². The van der Waals surface area contributed by atoms with Gasteiger partial charge in [-0.05, 0) is 38.1 Å². The number of aliphatic hydroxyl groups excluding tert-OH is 1. The van der Waals surface area contributed by atoms with Crippen LogP contribution in [0.4, 0.5) is 8.78 Å². The molecule has 114 valence electrons. The summed E-state index contributed by atoms with van der Waals surface area (Å²) in [6.07, 6.45) is 0.248. The van der Waals surface area contributed by atoms with Crippen LogP contribution in [0.25, 0.3) is 0 Å². The Kier molecular flexibility index (Phi) is 6.08. The molecule has 0 bridgehead atoms. The first-order valence-corrected chi connectivity index (χ1v) is 7.26. The molecule has 0 aliphatic carbocycles. The molecule has 1 N–H and O–H groups in total. The molecule has 1 rings (SSSR count). The first kappa shape index (κ1) is 17.1. The van der Waals surface area contributed by atoms with E-state index in [1.165, 1.54) is 12.1 Å². The van der Waals surface area contributed by atoms with Crippen molar-refractivity contribution in [3.05, 3.63) is 35.4 Å². The quantitative estimate of drug-likeness (QED) is 0.830. The Hall–Kier alpha value is -1.00. The summed E-state index contributed by atoms with van der Waals surface area (Å²) in [6, 6.07) is 3.50. The van der Waals surface area contributed by atoms with Gasteiger partial charge in [-0.1, -0.05) is 26.8 Å². The predicted molar refractivity (Wildman–Crippen MR) is 77.7 cm³/mol. The zero-order valence-corrected chi connectivity index (χ0v) is 12.8. The highest BCUT2D eigenvalue weighted by Gasteiger charge is 2.36. The minimum Gasteiger partial charge on any atom is -0.391 e. The molecular weight excluding hydrogens is 260 g/mol. The van der Waals surface area contributed by atoms with E-state index >= 15 is 0 Å². The third-order valence-corrected chi connectivity index (χ3v) is 4.35. The van der Waals surface area contributed by atoms with E-state index in [1.807, 2.05) is 27.7 Å². The zero-order valence-electron chi connectivity index (χ0n) is 12.8. The van der Waals surface area contributed by atoms with E-state index in [9.17, 15) is 13.9 Å². The van der Waals surface area contributed by atoms with Crippen LogP contribution in [-0.4, -0.2) is 34.7 Å². The maximum Gasteiger partial charge on any atom is 0.129 e. The average Bonchev–Trinajstić information content (AvgIpc) is 2.42. The summed E-state index contributed by atoms with van der Waals surface area (Å²) in [6.45, 7) is 9.74. The van der Waals surface area contributed by atoms with Crippen molar-refractivity contribution in [2.24, 2.45) is 0 Å². The Balaban J connectivity index is 2.94. The molecule has 0 aliphatic rings. The van der Waals surface area contributed by atoms with Gasteiger partial charge in [-0.2, -0.15) is 0 Å². The van der Waals surface area contributed by atoms with Crippen LogP contribution in [-0.2, 0) is 6.42 Å². The van der Waals surface area contributed by atoms with Gasteiger partial charge in [-0.3, -0.25) is 4.90 Å². The largest absolute Gasteiger partial charge is 0.391 e. The van der Waals surface area contributed by atoms with Gasteiger partial charge >= 0.3 is 0 Å². The molecular formula is C16H25F2NO. The molecule has 0 aliphatic heterocycles. The molecule has 0 saturated heterocycles. The standard InChI is InChI=1S/C16H25F2NO/c1-5-16(4,19(6-2)7-3)15(20)10-12-8-9-13(17)11-14(12)18/h8-9,11,15,20H,5-7,10H2,1-4H3. The van der Waals surface area contributed by atoms with Crippen molar-refractivity contribution < 1.29 is 13.9 Å².